The van der Waals surface area contributed by atoms with Crippen LogP contribution < -0.4 is 10.6 Å². The standard InChI is InChI=1S/C11H14N2O/c1-13-10-5-3-2-4-9(10)8(7-12)6-11(13)14/h2-5,8H,6-7,12H2,1H3/t8-/m0/s1. The summed E-state index contributed by atoms with van der Waals surface area (Å²) in [4.78, 5) is 13.3. The highest BCUT2D eigenvalue weighted by molar-refractivity contribution is 5.96. The van der Waals surface area contributed by atoms with Crippen LogP contribution in [0.4, 0.5) is 5.69 Å². The predicted octanol–water partition coefficient (Wildman–Crippen LogP) is 1.10. The van der Waals surface area contributed by atoms with E-state index in [1.807, 2.05) is 25.2 Å². The number of carbonyl (C=O) groups excluding carboxylic acids is 1. The van der Waals surface area contributed by atoms with E-state index in [9.17, 15) is 4.79 Å². The van der Waals surface area contributed by atoms with Crippen LogP contribution in [-0.2, 0) is 4.79 Å². The molecule has 0 aromatic heterocycles. The molecule has 0 radical (unpaired) electrons. The van der Waals surface area contributed by atoms with E-state index >= 15 is 0 Å². The fraction of sp³-hybridized carbons (Fsp3) is 0.364. The smallest absolute Gasteiger partial charge is 0.227 e. The van der Waals surface area contributed by atoms with Crippen molar-refractivity contribution < 1.29 is 4.79 Å². The number of nitrogens with zero attached hydrogens (tertiary/aromatic N) is 1. The highest BCUT2D eigenvalue weighted by atomic mass is 16.2. The van der Waals surface area contributed by atoms with Gasteiger partial charge in [-0.05, 0) is 18.2 Å². The molecule has 0 spiro atoms. The molecule has 1 amide bonds. The highest BCUT2D eigenvalue weighted by Crippen LogP contribution is 2.33. The molecule has 0 saturated heterocycles. The maximum Gasteiger partial charge on any atom is 0.227 e. The molecule has 0 saturated carbocycles. The minimum absolute atomic E-state index is 0.152. The molecule has 0 fully saturated rings. The summed E-state index contributed by atoms with van der Waals surface area (Å²) in [7, 11) is 1.81. The van der Waals surface area contributed by atoms with E-state index in [0.29, 0.717) is 13.0 Å². The first-order chi connectivity index (χ1) is 6.74. The Balaban J connectivity index is 2.49. The van der Waals surface area contributed by atoms with Gasteiger partial charge >= 0.3 is 0 Å². The van der Waals surface area contributed by atoms with Crippen molar-refractivity contribution in [3.63, 3.8) is 0 Å². The second kappa shape index (κ2) is 3.42. The van der Waals surface area contributed by atoms with Crippen LogP contribution in [0.5, 0.6) is 0 Å². The fourth-order valence-electron chi connectivity index (χ4n) is 1.94. The molecule has 1 aliphatic rings. The normalized spacial score (nSPS) is 20.9. The molecule has 0 aliphatic carbocycles. The topological polar surface area (TPSA) is 46.3 Å². The number of hydrogen-bond donors (Lipinski definition) is 1. The van der Waals surface area contributed by atoms with Crippen LogP contribution in [0.2, 0.25) is 0 Å². The number of hydrogen-bond acceptors (Lipinski definition) is 2. The van der Waals surface area contributed by atoms with Gasteiger partial charge in [-0.2, -0.15) is 0 Å². The first-order valence-electron chi connectivity index (χ1n) is 4.79. The van der Waals surface area contributed by atoms with Gasteiger partial charge in [-0.25, -0.2) is 0 Å². The predicted molar refractivity (Wildman–Crippen MR) is 56.3 cm³/mol. The van der Waals surface area contributed by atoms with E-state index in [2.05, 4.69) is 6.07 Å². The van der Waals surface area contributed by atoms with Gasteiger partial charge in [0, 0.05) is 25.1 Å². The van der Waals surface area contributed by atoms with Gasteiger partial charge in [-0.15, -0.1) is 0 Å². The van der Waals surface area contributed by atoms with E-state index in [4.69, 9.17) is 5.73 Å². The van der Waals surface area contributed by atoms with Crippen molar-refractivity contribution in [3.8, 4) is 0 Å². The summed E-state index contributed by atoms with van der Waals surface area (Å²) in [6.45, 7) is 0.538. The maximum absolute atomic E-state index is 11.6. The van der Waals surface area contributed by atoms with Crippen molar-refractivity contribution in [3.05, 3.63) is 29.8 Å². The molecule has 3 heteroatoms. The summed E-state index contributed by atoms with van der Waals surface area (Å²) >= 11 is 0. The van der Waals surface area contributed by atoms with Crippen molar-refractivity contribution in [2.24, 2.45) is 5.73 Å². The Morgan fingerprint density at radius 1 is 1.50 bits per heavy atom. The average molecular weight is 190 g/mol. The Morgan fingerprint density at radius 2 is 2.21 bits per heavy atom. The fourth-order valence-corrected chi connectivity index (χ4v) is 1.94. The van der Waals surface area contributed by atoms with Gasteiger partial charge in [0.05, 0.1) is 0 Å². The third-order valence-corrected chi connectivity index (χ3v) is 2.82. The Labute approximate surface area is 83.5 Å². The van der Waals surface area contributed by atoms with Crippen LogP contribution in [0.25, 0.3) is 0 Å². The van der Waals surface area contributed by atoms with E-state index in [0.717, 1.165) is 5.69 Å². The van der Waals surface area contributed by atoms with Crippen LogP contribution in [0, 0.1) is 0 Å². The number of anilines is 1. The molecule has 1 heterocycles. The van der Waals surface area contributed by atoms with Crippen molar-refractivity contribution in [1.82, 2.24) is 0 Å². The Kier molecular flexibility index (Phi) is 2.25. The number of para-hydroxylation sites is 1. The molecule has 0 unspecified atom stereocenters. The lowest BCUT2D eigenvalue weighted by Gasteiger charge is -2.30. The number of fused-ring (bicyclic) bond motifs is 1. The first-order valence-corrected chi connectivity index (χ1v) is 4.79. The second-order valence-electron chi connectivity index (χ2n) is 3.65. The van der Waals surface area contributed by atoms with Crippen LogP contribution in [0.15, 0.2) is 24.3 Å². The third-order valence-electron chi connectivity index (χ3n) is 2.82. The second-order valence-corrected chi connectivity index (χ2v) is 3.65. The maximum atomic E-state index is 11.6. The molecular formula is C11H14N2O. The zero-order valence-corrected chi connectivity index (χ0v) is 8.23. The van der Waals surface area contributed by atoms with E-state index in [1.165, 1.54) is 5.56 Å². The minimum atomic E-state index is 0.152. The third kappa shape index (κ3) is 1.30. The zero-order chi connectivity index (χ0) is 10.1. The van der Waals surface area contributed by atoms with Crippen LogP contribution >= 0.6 is 0 Å². The summed E-state index contributed by atoms with van der Waals surface area (Å²) in [5.41, 5.74) is 7.85. The van der Waals surface area contributed by atoms with Crippen LogP contribution in [0.3, 0.4) is 0 Å². The van der Waals surface area contributed by atoms with E-state index < -0.39 is 0 Å². The molecule has 1 aromatic carbocycles. The Morgan fingerprint density at radius 3 is 2.93 bits per heavy atom. The highest BCUT2D eigenvalue weighted by Gasteiger charge is 2.27. The number of nitrogens with two attached hydrogens (primary N) is 1. The number of carbonyl (C=O) groups is 1. The van der Waals surface area contributed by atoms with Crippen molar-refractivity contribution in [2.45, 2.75) is 12.3 Å². The average Bonchev–Trinajstić information content (AvgIpc) is 2.23. The van der Waals surface area contributed by atoms with Crippen molar-refractivity contribution in [1.29, 1.82) is 0 Å². The molecule has 2 rings (SSSR count). The molecular weight excluding hydrogens is 176 g/mol. The van der Waals surface area contributed by atoms with E-state index in [-0.39, 0.29) is 11.8 Å². The molecule has 1 aromatic rings. The molecule has 0 bridgehead atoms. The van der Waals surface area contributed by atoms with E-state index in [1.54, 1.807) is 4.90 Å². The zero-order valence-electron chi connectivity index (χ0n) is 8.23. The van der Waals surface area contributed by atoms with Gasteiger partial charge in [0.2, 0.25) is 5.91 Å². The van der Waals surface area contributed by atoms with Crippen molar-refractivity contribution in [2.75, 3.05) is 18.5 Å². The Hall–Kier alpha value is -1.35. The quantitative estimate of drug-likeness (QED) is 0.720. The summed E-state index contributed by atoms with van der Waals surface area (Å²) in [6.07, 6.45) is 0.532. The lowest BCUT2D eigenvalue weighted by atomic mass is 9.90. The monoisotopic (exact) mass is 190 g/mol. The first kappa shape index (κ1) is 9.21. The summed E-state index contributed by atoms with van der Waals surface area (Å²) in [6, 6.07) is 7.96. The molecule has 2 N–H and O–H groups in total. The number of benzene rings is 1. The minimum Gasteiger partial charge on any atom is -0.330 e. The van der Waals surface area contributed by atoms with Gasteiger partial charge in [0.25, 0.3) is 0 Å². The molecule has 14 heavy (non-hydrogen) atoms. The van der Waals surface area contributed by atoms with Crippen LogP contribution in [-0.4, -0.2) is 19.5 Å². The van der Waals surface area contributed by atoms with Gasteiger partial charge in [-0.1, -0.05) is 18.2 Å². The lowest BCUT2D eigenvalue weighted by Crippen LogP contribution is -2.35. The van der Waals surface area contributed by atoms with Crippen molar-refractivity contribution >= 4 is 11.6 Å². The SMILES string of the molecule is CN1C(=O)C[C@@H](CN)c2ccccc21. The summed E-state index contributed by atoms with van der Waals surface area (Å²) < 4.78 is 0. The summed E-state index contributed by atoms with van der Waals surface area (Å²) in [5.74, 6) is 0.342. The molecule has 3 nitrogen and oxygen atoms in total. The number of rotatable bonds is 1. The number of amides is 1. The summed E-state index contributed by atoms with van der Waals surface area (Å²) in [5, 5.41) is 0. The lowest BCUT2D eigenvalue weighted by molar-refractivity contribution is -0.119. The van der Waals surface area contributed by atoms with Gasteiger partial charge in [0.1, 0.15) is 0 Å². The molecule has 74 valence electrons. The molecule has 1 atom stereocenters. The van der Waals surface area contributed by atoms with Gasteiger partial charge in [-0.3, -0.25) is 4.79 Å². The van der Waals surface area contributed by atoms with Crippen LogP contribution in [0.1, 0.15) is 17.9 Å². The molecule has 1 aliphatic heterocycles. The largest absolute Gasteiger partial charge is 0.330 e. The van der Waals surface area contributed by atoms with Gasteiger partial charge < -0.3 is 10.6 Å². The Bertz CT molecular complexity index is 362. The van der Waals surface area contributed by atoms with Gasteiger partial charge in [0.15, 0.2) is 0 Å².